The largest absolute Gasteiger partial charge is 0.497 e. The van der Waals surface area contributed by atoms with Gasteiger partial charge in [-0.25, -0.2) is 9.78 Å². The van der Waals surface area contributed by atoms with Crippen molar-refractivity contribution in [3.05, 3.63) is 66.6 Å². The Hall–Kier alpha value is -3.32. The van der Waals surface area contributed by atoms with E-state index < -0.39 is 0 Å². The van der Waals surface area contributed by atoms with Crippen LogP contribution in [0.25, 0.3) is 11.3 Å². The number of hydrogen-bond acceptors (Lipinski definition) is 4. The number of methoxy groups -OCH3 is 1. The molecule has 4 rings (SSSR count). The van der Waals surface area contributed by atoms with Gasteiger partial charge in [-0.1, -0.05) is 18.2 Å². The van der Waals surface area contributed by atoms with E-state index in [2.05, 4.69) is 20.2 Å². The van der Waals surface area contributed by atoms with Gasteiger partial charge in [0.1, 0.15) is 18.2 Å². The average molecular weight is 378 g/mol. The van der Waals surface area contributed by atoms with Crippen molar-refractivity contribution in [2.24, 2.45) is 0 Å². The molecule has 1 atom stereocenters. The van der Waals surface area contributed by atoms with Gasteiger partial charge in [0.2, 0.25) is 0 Å². The number of aromatic nitrogens is 2. The Morgan fingerprint density at radius 2 is 2.00 bits per heavy atom. The van der Waals surface area contributed by atoms with Crippen LogP contribution in [-0.4, -0.2) is 35.3 Å². The molecule has 0 spiro atoms. The molecule has 0 saturated heterocycles. The van der Waals surface area contributed by atoms with Crippen LogP contribution in [0.5, 0.6) is 5.75 Å². The minimum Gasteiger partial charge on any atom is -0.497 e. The Kier molecular flexibility index (Phi) is 5.25. The first-order valence-electron chi connectivity index (χ1n) is 9.13. The fraction of sp³-hybridized carbons (Fsp3) is 0.238. The van der Waals surface area contributed by atoms with Crippen molar-refractivity contribution in [2.75, 3.05) is 19.0 Å². The van der Waals surface area contributed by atoms with Gasteiger partial charge in [-0.2, -0.15) is 0 Å². The molecule has 0 fully saturated rings. The van der Waals surface area contributed by atoms with Crippen LogP contribution >= 0.6 is 0 Å². The molecule has 2 amide bonds. The fourth-order valence-corrected chi connectivity index (χ4v) is 3.12. The number of fused-ring (bicyclic) bond motifs is 1. The number of hydrogen-bond donors (Lipinski definition) is 2. The van der Waals surface area contributed by atoms with Gasteiger partial charge < -0.3 is 24.7 Å². The molecule has 0 bridgehead atoms. The standard InChI is InChI=1S/C21H22N4O3/c1-27-17-9-7-15(8-10-17)19-13-25-12-18(28-14-20(25)24-19)11-22-21(26)23-16-5-3-2-4-6-16/h2-10,13,18H,11-12,14H2,1H3,(H2,22,23,26)/t18-/m0/s1. The van der Waals surface area contributed by atoms with Crippen LogP contribution in [0.1, 0.15) is 5.82 Å². The monoisotopic (exact) mass is 378 g/mol. The minimum absolute atomic E-state index is 0.105. The maximum Gasteiger partial charge on any atom is 0.319 e. The molecule has 1 aromatic heterocycles. The molecular weight excluding hydrogens is 356 g/mol. The van der Waals surface area contributed by atoms with E-state index in [-0.39, 0.29) is 12.1 Å². The first-order valence-corrected chi connectivity index (χ1v) is 9.13. The van der Waals surface area contributed by atoms with E-state index in [1.165, 1.54) is 0 Å². The molecule has 3 aromatic rings. The zero-order valence-electron chi connectivity index (χ0n) is 15.6. The first-order chi connectivity index (χ1) is 13.7. The fourth-order valence-electron chi connectivity index (χ4n) is 3.12. The van der Waals surface area contributed by atoms with Crippen molar-refractivity contribution >= 4 is 11.7 Å². The van der Waals surface area contributed by atoms with Crippen molar-refractivity contribution in [2.45, 2.75) is 19.3 Å². The summed E-state index contributed by atoms with van der Waals surface area (Å²) in [6.07, 6.45) is 1.92. The number of urea groups is 1. The Morgan fingerprint density at radius 1 is 1.21 bits per heavy atom. The number of nitrogens with one attached hydrogen (secondary N) is 2. The highest BCUT2D eigenvalue weighted by Crippen LogP contribution is 2.24. The van der Waals surface area contributed by atoms with E-state index in [9.17, 15) is 4.79 Å². The molecule has 0 unspecified atom stereocenters. The molecule has 0 radical (unpaired) electrons. The maximum absolute atomic E-state index is 12.0. The van der Waals surface area contributed by atoms with E-state index in [0.717, 1.165) is 28.5 Å². The SMILES string of the molecule is COc1ccc(-c2cn3c(n2)CO[C@@H](CNC(=O)Nc2ccccc2)C3)cc1. The molecule has 0 saturated carbocycles. The quantitative estimate of drug-likeness (QED) is 0.714. The molecule has 144 valence electrons. The van der Waals surface area contributed by atoms with Crippen molar-refractivity contribution < 1.29 is 14.3 Å². The number of imidazole rings is 1. The lowest BCUT2D eigenvalue weighted by atomic mass is 10.2. The summed E-state index contributed by atoms with van der Waals surface area (Å²) < 4.78 is 13.1. The molecule has 0 aliphatic carbocycles. The number of anilines is 1. The second-order valence-corrected chi connectivity index (χ2v) is 6.56. The summed E-state index contributed by atoms with van der Waals surface area (Å²) in [7, 11) is 1.65. The van der Waals surface area contributed by atoms with Crippen molar-refractivity contribution in [3.8, 4) is 17.0 Å². The number of nitrogens with zero attached hydrogens (tertiary/aromatic N) is 2. The number of benzene rings is 2. The molecule has 1 aliphatic heterocycles. The maximum atomic E-state index is 12.0. The third-order valence-electron chi connectivity index (χ3n) is 4.62. The predicted molar refractivity (Wildman–Crippen MR) is 106 cm³/mol. The lowest BCUT2D eigenvalue weighted by Crippen LogP contribution is -2.40. The molecule has 7 nitrogen and oxygen atoms in total. The molecule has 28 heavy (non-hydrogen) atoms. The molecule has 7 heteroatoms. The number of carbonyl (C=O) groups excluding carboxylic acids is 1. The highest BCUT2D eigenvalue weighted by Gasteiger charge is 2.21. The van der Waals surface area contributed by atoms with Crippen LogP contribution in [0.2, 0.25) is 0 Å². The van der Waals surface area contributed by atoms with Crippen LogP contribution in [0, 0.1) is 0 Å². The van der Waals surface area contributed by atoms with Gasteiger partial charge in [-0.3, -0.25) is 0 Å². The molecule has 2 N–H and O–H groups in total. The minimum atomic E-state index is -0.245. The van der Waals surface area contributed by atoms with E-state index in [0.29, 0.717) is 19.7 Å². The highest BCUT2D eigenvalue weighted by atomic mass is 16.5. The Labute approximate surface area is 163 Å². The Bertz CT molecular complexity index is 938. The third-order valence-corrected chi connectivity index (χ3v) is 4.62. The average Bonchev–Trinajstić information content (AvgIpc) is 3.16. The number of ether oxygens (including phenoxy) is 2. The first kappa shape index (κ1) is 18.1. The normalized spacial score (nSPS) is 15.5. The summed E-state index contributed by atoms with van der Waals surface area (Å²) in [6.45, 7) is 1.49. The van der Waals surface area contributed by atoms with E-state index in [1.54, 1.807) is 7.11 Å². The number of amides is 2. The number of carbonyl (C=O) groups is 1. The van der Waals surface area contributed by atoms with Crippen molar-refractivity contribution in [3.63, 3.8) is 0 Å². The summed E-state index contributed by atoms with van der Waals surface area (Å²) in [5.74, 6) is 1.70. The second kappa shape index (κ2) is 8.14. The predicted octanol–water partition coefficient (Wildman–Crippen LogP) is 3.28. The number of rotatable bonds is 5. The highest BCUT2D eigenvalue weighted by molar-refractivity contribution is 5.89. The summed E-state index contributed by atoms with van der Waals surface area (Å²) in [5, 5.41) is 5.66. The van der Waals surface area contributed by atoms with Crippen molar-refractivity contribution in [1.82, 2.24) is 14.9 Å². The van der Waals surface area contributed by atoms with Gasteiger partial charge in [-0.15, -0.1) is 0 Å². The molecule has 2 aromatic carbocycles. The second-order valence-electron chi connectivity index (χ2n) is 6.56. The summed E-state index contributed by atoms with van der Waals surface area (Å²) in [5.41, 5.74) is 2.68. The zero-order valence-corrected chi connectivity index (χ0v) is 15.6. The van der Waals surface area contributed by atoms with Crippen LogP contribution < -0.4 is 15.4 Å². The molecule has 1 aliphatic rings. The zero-order chi connectivity index (χ0) is 19.3. The summed E-state index contributed by atoms with van der Waals surface area (Å²) >= 11 is 0. The van der Waals surface area contributed by atoms with Gasteiger partial charge >= 0.3 is 6.03 Å². The van der Waals surface area contributed by atoms with Gasteiger partial charge in [0, 0.05) is 24.0 Å². The van der Waals surface area contributed by atoms with E-state index in [1.807, 2.05) is 60.8 Å². The lowest BCUT2D eigenvalue weighted by molar-refractivity contribution is 0.00467. The van der Waals surface area contributed by atoms with Crippen LogP contribution in [-0.2, 0) is 17.9 Å². The lowest BCUT2D eigenvalue weighted by Gasteiger charge is -2.24. The van der Waals surface area contributed by atoms with Gasteiger partial charge in [0.15, 0.2) is 0 Å². The summed E-state index contributed by atoms with van der Waals surface area (Å²) in [6, 6.07) is 16.9. The van der Waals surface area contributed by atoms with Gasteiger partial charge in [-0.05, 0) is 36.4 Å². The van der Waals surface area contributed by atoms with Crippen LogP contribution in [0.4, 0.5) is 10.5 Å². The van der Waals surface area contributed by atoms with E-state index in [4.69, 9.17) is 9.47 Å². The number of para-hydroxylation sites is 1. The Morgan fingerprint density at radius 3 is 2.75 bits per heavy atom. The smallest absolute Gasteiger partial charge is 0.319 e. The van der Waals surface area contributed by atoms with Crippen molar-refractivity contribution in [1.29, 1.82) is 0 Å². The van der Waals surface area contributed by atoms with Crippen LogP contribution in [0.3, 0.4) is 0 Å². The third kappa shape index (κ3) is 4.15. The van der Waals surface area contributed by atoms with Crippen LogP contribution in [0.15, 0.2) is 60.8 Å². The molecule has 2 heterocycles. The van der Waals surface area contributed by atoms with Gasteiger partial charge in [0.05, 0.1) is 25.5 Å². The van der Waals surface area contributed by atoms with E-state index >= 15 is 0 Å². The molecular formula is C21H22N4O3. The topological polar surface area (TPSA) is 77.4 Å². The Balaban J connectivity index is 1.34. The summed E-state index contributed by atoms with van der Waals surface area (Å²) in [4.78, 5) is 16.7. The van der Waals surface area contributed by atoms with Gasteiger partial charge in [0.25, 0.3) is 0 Å².